The van der Waals surface area contributed by atoms with E-state index in [1.807, 2.05) is 0 Å². The molecule has 1 aromatic heterocycles. The average Bonchev–Trinajstić information content (AvgIpc) is 3.64. The molecule has 192 valence electrons. The number of nitrogens with zero attached hydrogens (tertiary/aromatic N) is 1. The van der Waals surface area contributed by atoms with Gasteiger partial charge in [-0.3, -0.25) is 19.2 Å². The number of carbonyl (C=O) groups is 4. The third-order valence-electron chi connectivity index (χ3n) is 8.08. The van der Waals surface area contributed by atoms with Crippen LogP contribution in [0.2, 0.25) is 10.0 Å². The number of ketones is 1. The molecule has 3 N–H and O–H groups in total. The molecule has 1 aromatic carbocycles. The van der Waals surface area contributed by atoms with Crippen molar-refractivity contribution in [3.63, 3.8) is 0 Å². The Kier molecular flexibility index (Phi) is 7.01. The maximum atomic E-state index is 13.7. The molecule has 1 saturated carbocycles. The molecule has 3 heterocycles. The molecule has 5 atom stereocenters. The third-order valence-corrected chi connectivity index (χ3v) is 8.72. The number of Topliss-reactive ketones (excluding diaryl/α,β-unsaturated/α-hetero) is 1. The molecular formula is C26H30Cl2N4O4. The maximum Gasteiger partial charge on any atom is 0.271 e. The first kappa shape index (κ1) is 25.1. The van der Waals surface area contributed by atoms with Crippen molar-refractivity contribution in [1.82, 2.24) is 20.5 Å². The standard InChI is InChI=1S/C26H30Cl2N4O4/c1-2-21(33)19(10-13-8-9-29-24(13)34)31-25(35)23-15-5-3-4-14(15)12-32(23)26(36)20-11-16-17(27)6-7-18(28)22(16)30-20/h6-7,11,13-15,19,23,30H,2-5,8-10,12H2,1H3,(H,29,34)(H,31,35). The van der Waals surface area contributed by atoms with E-state index in [2.05, 4.69) is 15.6 Å². The first-order chi connectivity index (χ1) is 17.3. The second kappa shape index (κ2) is 10.1. The second-order valence-corrected chi connectivity index (χ2v) is 11.0. The number of aromatic nitrogens is 1. The Balaban J connectivity index is 1.40. The molecular weight excluding hydrogens is 503 g/mol. The lowest BCUT2D eigenvalue weighted by Crippen LogP contribution is -2.53. The number of rotatable bonds is 7. The fourth-order valence-electron chi connectivity index (χ4n) is 6.20. The molecule has 3 amide bonds. The van der Waals surface area contributed by atoms with Gasteiger partial charge in [0, 0.05) is 30.8 Å². The van der Waals surface area contributed by atoms with Crippen molar-refractivity contribution in [2.24, 2.45) is 17.8 Å². The predicted octanol–water partition coefficient (Wildman–Crippen LogP) is 3.71. The Bertz CT molecular complexity index is 1190. The van der Waals surface area contributed by atoms with E-state index in [0.717, 1.165) is 19.3 Å². The van der Waals surface area contributed by atoms with E-state index in [4.69, 9.17) is 23.2 Å². The summed E-state index contributed by atoms with van der Waals surface area (Å²) >= 11 is 12.6. The maximum absolute atomic E-state index is 13.7. The highest BCUT2D eigenvalue weighted by molar-refractivity contribution is 6.40. The molecule has 5 rings (SSSR count). The van der Waals surface area contributed by atoms with Crippen LogP contribution in [0.3, 0.4) is 0 Å². The fraction of sp³-hybridized carbons (Fsp3) is 0.538. The highest BCUT2D eigenvalue weighted by Crippen LogP contribution is 2.43. The van der Waals surface area contributed by atoms with Crippen molar-refractivity contribution in [2.45, 2.75) is 57.5 Å². The average molecular weight is 533 g/mol. The number of hydrogen-bond acceptors (Lipinski definition) is 4. The van der Waals surface area contributed by atoms with Crippen LogP contribution in [-0.2, 0) is 14.4 Å². The van der Waals surface area contributed by atoms with Crippen molar-refractivity contribution in [2.75, 3.05) is 13.1 Å². The van der Waals surface area contributed by atoms with E-state index in [1.165, 1.54) is 0 Å². The van der Waals surface area contributed by atoms with E-state index in [0.29, 0.717) is 46.2 Å². The summed E-state index contributed by atoms with van der Waals surface area (Å²) < 4.78 is 0. The normalized spacial score (nSPS) is 26.2. The highest BCUT2D eigenvalue weighted by atomic mass is 35.5. The number of benzene rings is 1. The molecule has 8 nitrogen and oxygen atoms in total. The zero-order valence-corrected chi connectivity index (χ0v) is 21.6. The van der Waals surface area contributed by atoms with Crippen LogP contribution in [0.1, 0.15) is 55.9 Å². The Morgan fingerprint density at radius 2 is 1.94 bits per heavy atom. The Labute approximate surface area is 219 Å². The third kappa shape index (κ3) is 4.50. The zero-order chi connectivity index (χ0) is 25.6. The van der Waals surface area contributed by atoms with Gasteiger partial charge in [-0.25, -0.2) is 0 Å². The molecule has 0 bridgehead atoms. The van der Waals surface area contributed by atoms with Crippen LogP contribution in [0.25, 0.3) is 10.9 Å². The van der Waals surface area contributed by atoms with Crippen LogP contribution in [-0.4, -0.2) is 58.6 Å². The van der Waals surface area contributed by atoms with E-state index < -0.39 is 12.1 Å². The largest absolute Gasteiger partial charge is 0.356 e. The SMILES string of the molecule is CCC(=O)C(CC1CCNC1=O)NC(=O)C1C2CCCC2CN1C(=O)c1cc2c(Cl)ccc(Cl)c2[nH]1. The molecule has 10 heteroatoms. The van der Waals surface area contributed by atoms with Crippen LogP contribution in [0.4, 0.5) is 0 Å². The smallest absolute Gasteiger partial charge is 0.271 e. The summed E-state index contributed by atoms with van der Waals surface area (Å²) in [6, 6.07) is 3.60. The Hall–Kier alpha value is -2.58. The first-order valence-electron chi connectivity index (χ1n) is 12.7. The zero-order valence-electron chi connectivity index (χ0n) is 20.1. The number of amides is 3. The number of H-pyrrole nitrogens is 1. The second-order valence-electron chi connectivity index (χ2n) is 10.2. The number of aromatic amines is 1. The van der Waals surface area contributed by atoms with Gasteiger partial charge in [0.2, 0.25) is 11.8 Å². The number of likely N-dealkylation sites (tertiary alicyclic amines) is 1. The van der Waals surface area contributed by atoms with Crippen LogP contribution in [0, 0.1) is 17.8 Å². The summed E-state index contributed by atoms with van der Waals surface area (Å²) in [5.74, 6) is -0.826. The number of fused-ring (bicyclic) bond motifs is 2. The van der Waals surface area contributed by atoms with Gasteiger partial charge < -0.3 is 20.5 Å². The van der Waals surface area contributed by atoms with Crippen molar-refractivity contribution in [3.05, 3.63) is 33.9 Å². The van der Waals surface area contributed by atoms with Gasteiger partial charge in [0.1, 0.15) is 11.7 Å². The summed E-state index contributed by atoms with van der Waals surface area (Å²) in [4.78, 5) is 57.0. The summed E-state index contributed by atoms with van der Waals surface area (Å²) in [6.07, 6.45) is 4.01. The molecule has 3 aliphatic rings. The minimum atomic E-state index is -0.751. The molecule has 3 fully saturated rings. The summed E-state index contributed by atoms with van der Waals surface area (Å²) in [5.41, 5.74) is 0.901. The first-order valence-corrected chi connectivity index (χ1v) is 13.4. The fourth-order valence-corrected chi connectivity index (χ4v) is 6.62. The number of hydrogen-bond donors (Lipinski definition) is 3. The van der Waals surface area contributed by atoms with Gasteiger partial charge in [0.15, 0.2) is 5.78 Å². The Morgan fingerprint density at radius 1 is 1.17 bits per heavy atom. The molecule has 2 saturated heterocycles. The lowest BCUT2D eigenvalue weighted by molar-refractivity contribution is -0.132. The van der Waals surface area contributed by atoms with Crippen LogP contribution in [0.15, 0.2) is 18.2 Å². The Morgan fingerprint density at radius 3 is 2.64 bits per heavy atom. The van der Waals surface area contributed by atoms with Gasteiger partial charge in [-0.15, -0.1) is 0 Å². The van der Waals surface area contributed by atoms with E-state index in [-0.39, 0.29) is 54.1 Å². The van der Waals surface area contributed by atoms with Crippen LogP contribution < -0.4 is 10.6 Å². The molecule has 2 aromatic rings. The van der Waals surface area contributed by atoms with E-state index in [1.54, 1.807) is 30.0 Å². The quantitative estimate of drug-likeness (QED) is 0.504. The molecule has 36 heavy (non-hydrogen) atoms. The van der Waals surface area contributed by atoms with Gasteiger partial charge in [-0.2, -0.15) is 0 Å². The number of nitrogens with one attached hydrogen (secondary N) is 3. The lowest BCUT2D eigenvalue weighted by atomic mass is 9.91. The van der Waals surface area contributed by atoms with Crippen LogP contribution >= 0.6 is 23.2 Å². The van der Waals surface area contributed by atoms with Gasteiger partial charge in [0.25, 0.3) is 5.91 Å². The number of carbonyl (C=O) groups excluding carboxylic acids is 4. The van der Waals surface area contributed by atoms with E-state index in [9.17, 15) is 19.2 Å². The minimum absolute atomic E-state index is 0.0395. The predicted molar refractivity (Wildman–Crippen MR) is 137 cm³/mol. The van der Waals surface area contributed by atoms with Crippen molar-refractivity contribution >= 4 is 57.6 Å². The molecule has 1 aliphatic carbocycles. The van der Waals surface area contributed by atoms with Gasteiger partial charge >= 0.3 is 0 Å². The van der Waals surface area contributed by atoms with Gasteiger partial charge in [-0.1, -0.05) is 36.5 Å². The lowest BCUT2D eigenvalue weighted by Gasteiger charge is -2.29. The van der Waals surface area contributed by atoms with Crippen LogP contribution in [0.5, 0.6) is 0 Å². The minimum Gasteiger partial charge on any atom is -0.356 e. The summed E-state index contributed by atoms with van der Waals surface area (Å²) in [7, 11) is 0. The summed E-state index contributed by atoms with van der Waals surface area (Å²) in [6.45, 7) is 2.81. The van der Waals surface area contributed by atoms with E-state index >= 15 is 0 Å². The molecule has 0 spiro atoms. The molecule has 0 radical (unpaired) electrons. The van der Waals surface area contributed by atoms with Crippen molar-refractivity contribution in [1.29, 1.82) is 0 Å². The number of halogens is 2. The monoisotopic (exact) mass is 532 g/mol. The van der Waals surface area contributed by atoms with Crippen molar-refractivity contribution in [3.8, 4) is 0 Å². The topological polar surface area (TPSA) is 111 Å². The molecule has 2 aliphatic heterocycles. The van der Waals surface area contributed by atoms with Gasteiger partial charge in [0.05, 0.1) is 21.6 Å². The van der Waals surface area contributed by atoms with Crippen molar-refractivity contribution < 1.29 is 19.2 Å². The van der Waals surface area contributed by atoms with Gasteiger partial charge in [-0.05, 0) is 55.7 Å². The molecule has 5 unspecified atom stereocenters. The summed E-state index contributed by atoms with van der Waals surface area (Å²) in [5, 5.41) is 7.31. The highest BCUT2D eigenvalue weighted by Gasteiger charge is 2.50.